The Hall–Kier alpha value is -0.450. The van der Waals surface area contributed by atoms with E-state index in [2.05, 4.69) is 13.8 Å². The SMILES string of the molecule is CCCCCCCCCCCCC(O)C(O)(C(C)=O)C(O)CCCCCCCCCCCC. The van der Waals surface area contributed by atoms with Gasteiger partial charge in [0, 0.05) is 0 Å². The summed E-state index contributed by atoms with van der Waals surface area (Å²) < 4.78 is 0. The molecule has 0 aliphatic heterocycles. The van der Waals surface area contributed by atoms with E-state index in [0.717, 1.165) is 38.5 Å². The molecule has 2 atom stereocenters. The van der Waals surface area contributed by atoms with Crippen molar-refractivity contribution in [1.82, 2.24) is 0 Å². The minimum absolute atomic E-state index is 0.363. The van der Waals surface area contributed by atoms with Gasteiger partial charge in [-0.1, -0.05) is 142 Å². The van der Waals surface area contributed by atoms with E-state index >= 15 is 0 Å². The summed E-state index contributed by atoms with van der Waals surface area (Å²) in [6, 6.07) is 0. The zero-order chi connectivity index (χ0) is 24.8. The molecule has 0 amide bonds. The maximum Gasteiger partial charge on any atom is 0.174 e. The molecule has 0 spiro atoms. The summed E-state index contributed by atoms with van der Waals surface area (Å²) in [5.41, 5.74) is -2.03. The molecule has 3 N–H and O–H groups in total. The van der Waals surface area contributed by atoms with E-state index in [1.807, 2.05) is 0 Å². The second kappa shape index (κ2) is 22.0. The summed E-state index contributed by atoms with van der Waals surface area (Å²) in [7, 11) is 0. The molecule has 0 aromatic carbocycles. The molecule has 0 heterocycles. The van der Waals surface area contributed by atoms with Gasteiger partial charge in [-0.3, -0.25) is 4.79 Å². The number of hydrogen-bond donors (Lipinski definition) is 3. The topological polar surface area (TPSA) is 77.8 Å². The Balaban J connectivity index is 4.00. The standard InChI is InChI=1S/C29H58O4/c1-4-6-8-10-12-14-16-18-20-22-24-27(31)29(33,26(3)30)28(32)25-23-21-19-17-15-13-11-9-7-5-2/h27-28,31-33H,4-25H2,1-3H3. The van der Waals surface area contributed by atoms with Gasteiger partial charge in [-0.15, -0.1) is 0 Å². The molecule has 0 fully saturated rings. The fourth-order valence-electron chi connectivity index (χ4n) is 4.78. The van der Waals surface area contributed by atoms with Crippen LogP contribution in [0.5, 0.6) is 0 Å². The van der Waals surface area contributed by atoms with E-state index in [-0.39, 0.29) is 0 Å². The van der Waals surface area contributed by atoms with Crippen molar-refractivity contribution in [3.63, 3.8) is 0 Å². The minimum Gasteiger partial charge on any atom is -0.390 e. The second-order valence-corrected chi connectivity index (χ2v) is 10.4. The molecule has 0 aromatic heterocycles. The fourth-order valence-corrected chi connectivity index (χ4v) is 4.78. The first-order chi connectivity index (χ1) is 15.9. The van der Waals surface area contributed by atoms with Crippen LogP contribution in [0.4, 0.5) is 0 Å². The third kappa shape index (κ3) is 16.0. The van der Waals surface area contributed by atoms with E-state index in [1.54, 1.807) is 0 Å². The van der Waals surface area contributed by atoms with Gasteiger partial charge in [0.1, 0.15) is 0 Å². The van der Waals surface area contributed by atoms with Crippen molar-refractivity contribution in [3.8, 4) is 0 Å². The highest BCUT2D eigenvalue weighted by atomic mass is 16.4. The lowest BCUT2D eigenvalue weighted by molar-refractivity contribution is -0.172. The molecule has 0 saturated heterocycles. The van der Waals surface area contributed by atoms with E-state index in [4.69, 9.17) is 0 Å². The van der Waals surface area contributed by atoms with Crippen molar-refractivity contribution in [1.29, 1.82) is 0 Å². The van der Waals surface area contributed by atoms with E-state index in [0.29, 0.717) is 12.8 Å². The zero-order valence-corrected chi connectivity index (χ0v) is 22.5. The summed E-state index contributed by atoms with van der Waals surface area (Å²) in [4.78, 5) is 12.1. The Bertz CT molecular complexity index is 407. The quantitative estimate of drug-likeness (QED) is 0.120. The highest BCUT2D eigenvalue weighted by Gasteiger charge is 2.46. The summed E-state index contributed by atoms with van der Waals surface area (Å²) in [5.74, 6) is -0.526. The van der Waals surface area contributed by atoms with Crippen LogP contribution >= 0.6 is 0 Å². The van der Waals surface area contributed by atoms with Crippen molar-refractivity contribution in [2.45, 2.75) is 180 Å². The van der Waals surface area contributed by atoms with Gasteiger partial charge in [-0.25, -0.2) is 0 Å². The lowest BCUT2D eigenvalue weighted by Crippen LogP contribution is -2.57. The molecule has 2 unspecified atom stereocenters. The van der Waals surface area contributed by atoms with Crippen molar-refractivity contribution >= 4 is 5.78 Å². The Morgan fingerprint density at radius 3 is 1.03 bits per heavy atom. The van der Waals surface area contributed by atoms with Gasteiger partial charge in [0.05, 0.1) is 12.2 Å². The Labute approximate surface area is 206 Å². The molecule has 0 radical (unpaired) electrons. The molecule has 0 bridgehead atoms. The number of carbonyl (C=O) groups excluding carboxylic acids is 1. The summed E-state index contributed by atoms with van der Waals surface area (Å²) in [6.45, 7) is 5.75. The first-order valence-electron chi connectivity index (χ1n) is 14.5. The van der Waals surface area contributed by atoms with Gasteiger partial charge in [0.15, 0.2) is 11.4 Å². The number of aliphatic hydroxyl groups excluding tert-OH is 2. The van der Waals surface area contributed by atoms with Crippen LogP contribution in [0.3, 0.4) is 0 Å². The van der Waals surface area contributed by atoms with E-state index in [1.165, 1.54) is 96.8 Å². The van der Waals surface area contributed by atoms with Crippen LogP contribution in [-0.2, 0) is 4.79 Å². The number of ketones is 1. The lowest BCUT2D eigenvalue weighted by Gasteiger charge is -2.35. The van der Waals surface area contributed by atoms with Gasteiger partial charge >= 0.3 is 0 Å². The molecular formula is C29H58O4. The number of rotatable bonds is 25. The van der Waals surface area contributed by atoms with Crippen LogP contribution < -0.4 is 0 Å². The smallest absolute Gasteiger partial charge is 0.174 e. The molecule has 0 aromatic rings. The van der Waals surface area contributed by atoms with Crippen LogP contribution in [-0.4, -0.2) is 38.9 Å². The predicted octanol–water partition coefficient (Wildman–Crippen LogP) is 7.65. The first-order valence-corrected chi connectivity index (χ1v) is 14.5. The molecule has 0 aliphatic rings. The molecule has 33 heavy (non-hydrogen) atoms. The molecule has 4 heteroatoms. The van der Waals surface area contributed by atoms with Crippen LogP contribution in [0.2, 0.25) is 0 Å². The number of unbranched alkanes of at least 4 members (excludes halogenated alkanes) is 18. The fraction of sp³-hybridized carbons (Fsp3) is 0.966. The lowest BCUT2D eigenvalue weighted by atomic mass is 9.81. The summed E-state index contributed by atoms with van der Waals surface area (Å²) in [5, 5.41) is 32.0. The van der Waals surface area contributed by atoms with Gasteiger partial charge < -0.3 is 15.3 Å². The Morgan fingerprint density at radius 1 is 0.545 bits per heavy atom. The zero-order valence-electron chi connectivity index (χ0n) is 22.5. The summed E-state index contributed by atoms with van der Waals surface area (Å²) in [6.07, 6.45) is 22.3. The van der Waals surface area contributed by atoms with Crippen LogP contribution in [0.15, 0.2) is 0 Å². The highest BCUT2D eigenvalue weighted by Crippen LogP contribution is 2.26. The van der Waals surface area contributed by atoms with Crippen LogP contribution in [0, 0.1) is 0 Å². The predicted molar refractivity (Wildman–Crippen MR) is 141 cm³/mol. The number of Topliss-reactive ketones (excluding diaryl/α,β-unsaturated/α-hetero) is 1. The minimum atomic E-state index is -2.03. The number of aliphatic hydroxyl groups is 3. The molecule has 0 aliphatic carbocycles. The average molecular weight is 471 g/mol. The molecule has 0 saturated carbocycles. The van der Waals surface area contributed by atoms with Crippen LogP contribution in [0.1, 0.15) is 162 Å². The third-order valence-electron chi connectivity index (χ3n) is 7.24. The number of carbonyl (C=O) groups is 1. The normalized spacial score (nSPS) is 15.3. The maximum absolute atomic E-state index is 12.1. The molecule has 4 nitrogen and oxygen atoms in total. The third-order valence-corrected chi connectivity index (χ3v) is 7.24. The van der Waals surface area contributed by atoms with E-state index < -0.39 is 23.6 Å². The summed E-state index contributed by atoms with van der Waals surface area (Å²) >= 11 is 0. The van der Waals surface area contributed by atoms with Crippen LogP contribution in [0.25, 0.3) is 0 Å². The average Bonchev–Trinajstić information content (AvgIpc) is 2.80. The molecule has 0 rings (SSSR count). The molecule has 198 valence electrons. The Kier molecular flexibility index (Phi) is 21.7. The van der Waals surface area contributed by atoms with Crippen molar-refractivity contribution in [2.24, 2.45) is 0 Å². The maximum atomic E-state index is 12.1. The van der Waals surface area contributed by atoms with E-state index in [9.17, 15) is 20.1 Å². The second-order valence-electron chi connectivity index (χ2n) is 10.4. The monoisotopic (exact) mass is 470 g/mol. The van der Waals surface area contributed by atoms with Gasteiger partial charge in [0.2, 0.25) is 0 Å². The highest BCUT2D eigenvalue weighted by molar-refractivity contribution is 5.86. The largest absolute Gasteiger partial charge is 0.390 e. The first kappa shape index (κ1) is 32.5. The number of hydrogen-bond acceptors (Lipinski definition) is 4. The van der Waals surface area contributed by atoms with Crippen molar-refractivity contribution in [3.05, 3.63) is 0 Å². The van der Waals surface area contributed by atoms with Gasteiger partial charge in [-0.2, -0.15) is 0 Å². The van der Waals surface area contributed by atoms with Crippen molar-refractivity contribution in [2.75, 3.05) is 0 Å². The Morgan fingerprint density at radius 2 is 0.788 bits per heavy atom. The molecular weight excluding hydrogens is 412 g/mol. The van der Waals surface area contributed by atoms with Gasteiger partial charge in [0.25, 0.3) is 0 Å². The van der Waals surface area contributed by atoms with Gasteiger partial charge in [-0.05, 0) is 19.8 Å². The van der Waals surface area contributed by atoms with Crippen molar-refractivity contribution < 1.29 is 20.1 Å².